The molecular weight excluding hydrogens is 174 g/mol. The van der Waals surface area contributed by atoms with Gasteiger partial charge in [0, 0.05) is 19.6 Å². The number of hydrogen-bond donors (Lipinski definition) is 0. The summed E-state index contributed by atoms with van der Waals surface area (Å²) in [4.78, 5) is 13.4. The summed E-state index contributed by atoms with van der Waals surface area (Å²) >= 11 is 0. The van der Waals surface area contributed by atoms with Crippen LogP contribution in [-0.2, 0) is 4.79 Å². The zero-order valence-electron chi connectivity index (χ0n) is 9.55. The van der Waals surface area contributed by atoms with E-state index in [1.165, 1.54) is 12.1 Å². The van der Waals surface area contributed by atoms with Crippen LogP contribution in [0.15, 0.2) is 11.6 Å². The standard InChI is InChI=1S/C12H21NO/c1-10(2)9-13-6-4-12(5-7-13)8-11(3)14/h8,10H,4-7,9H2,1-3H3. The van der Waals surface area contributed by atoms with Gasteiger partial charge in [0.25, 0.3) is 0 Å². The van der Waals surface area contributed by atoms with Gasteiger partial charge < -0.3 is 4.90 Å². The van der Waals surface area contributed by atoms with Crippen LogP contribution < -0.4 is 0 Å². The molecule has 1 rings (SSSR count). The number of carbonyl (C=O) groups is 1. The Kier molecular flexibility index (Phi) is 4.33. The van der Waals surface area contributed by atoms with Crippen molar-refractivity contribution < 1.29 is 4.79 Å². The SMILES string of the molecule is CC(=O)C=C1CCN(CC(C)C)CC1. The molecule has 0 aromatic carbocycles. The number of hydrogen-bond acceptors (Lipinski definition) is 2. The molecule has 0 aliphatic carbocycles. The molecule has 0 aromatic rings. The highest BCUT2D eigenvalue weighted by atomic mass is 16.1. The van der Waals surface area contributed by atoms with Gasteiger partial charge in [0.05, 0.1) is 0 Å². The lowest BCUT2D eigenvalue weighted by Crippen LogP contribution is -2.33. The molecule has 80 valence electrons. The number of ketones is 1. The summed E-state index contributed by atoms with van der Waals surface area (Å²) in [7, 11) is 0. The molecule has 1 saturated heterocycles. The summed E-state index contributed by atoms with van der Waals surface area (Å²) < 4.78 is 0. The Balaban J connectivity index is 2.35. The van der Waals surface area contributed by atoms with Crippen molar-refractivity contribution in [2.45, 2.75) is 33.6 Å². The number of allylic oxidation sites excluding steroid dienone is 1. The highest BCUT2D eigenvalue weighted by Crippen LogP contribution is 2.16. The molecule has 1 fully saturated rings. The Bertz CT molecular complexity index is 220. The zero-order chi connectivity index (χ0) is 10.6. The van der Waals surface area contributed by atoms with Gasteiger partial charge in [0.15, 0.2) is 5.78 Å². The molecule has 0 unspecified atom stereocenters. The van der Waals surface area contributed by atoms with E-state index in [2.05, 4.69) is 18.7 Å². The second-order valence-electron chi connectivity index (χ2n) is 4.61. The fourth-order valence-corrected chi connectivity index (χ4v) is 1.97. The van der Waals surface area contributed by atoms with E-state index < -0.39 is 0 Å². The fourth-order valence-electron chi connectivity index (χ4n) is 1.97. The molecule has 1 heterocycles. The second-order valence-corrected chi connectivity index (χ2v) is 4.61. The molecule has 0 aromatic heterocycles. The van der Waals surface area contributed by atoms with Crippen LogP contribution in [0.25, 0.3) is 0 Å². The third-order valence-electron chi connectivity index (χ3n) is 2.53. The molecule has 0 spiro atoms. The summed E-state index contributed by atoms with van der Waals surface area (Å²) in [5, 5.41) is 0. The highest BCUT2D eigenvalue weighted by molar-refractivity contribution is 5.87. The van der Waals surface area contributed by atoms with Crippen molar-refractivity contribution in [1.29, 1.82) is 0 Å². The van der Waals surface area contributed by atoms with Gasteiger partial charge in [-0.3, -0.25) is 4.79 Å². The first-order valence-corrected chi connectivity index (χ1v) is 5.50. The van der Waals surface area contributed by atoms with Gasteiger partial charge in [-0.05, 0) is 31.8 Å². The number of carbonyl (C=O) groups excluding carboxylic acids is 1. The zero-order valence-corrected chi connectivity index (χ0v) is 9.55. The smallest absolute Gasteiger partial charge is 0.152 e. The lowest BCUT2D eigenvalue weighted by molar-refractivity contribution is -0.112. The molecule has 1 aliphatic heterocycles. The van der Waals surface area contributed by atoms with Crippen molar-refractivity contribution in [3.63, 3.8) is 0 Å². The molecule has 0 atom stereocenters. The minimum absolute atomic E-state index is 0.192. The third kappa shape index (κ3) is 4.05. The summed E-state index contributed by atoms with van der Waals surface area (Å²) in [6, 6.07) is 0. The summed E-state index contributed by atoms with van der Waals surface area (Å²) in [5.41, 5.74) is 1.33. The molecule has 2 nitrogen and oxygen atoms in total. The van der Waals surface area contributed by atoms with E-state index in [9.17, 15) is 4.79 Å². The van der Waals surface area contributed by atoms with E-state index >= 15 is 0 Å². The molecule has 0 amide bonds. The average molecular weight is 195 g/mol. The first-order valence-electron chi connectivity index (χ1n) is 5.50. The van der Waals surface area contributed by atoms with Gasteiger partial charge in [-0.2, -0.15) is 0 Å². The summed E-state index contributed by atoms with van der Waals surface area (Å²) in [6.45, 7) is 9.57. The maximum atomic E-state index is 10.9. The largest absolute Gasteiger partial charge is 0.302 e. The van der Waals surface area contributed by atoms with Crippen molar-refractivity contribution in [2.75, 3.05) is 19.6 Å². The number of piperidine rings is 1. The van der Waals surface area contributed by atoms with Crippen LogP contribution in [0.1, 0.15) is 33.6 Å². The molecule has 0 saturated carbocycles. The van der Waals surface area contributed by atoms with Crippen molar-refractivity contribution in [1.82, 2.24) is 4.90 Å². The van der Waals surface area contributed by atoms with Crippen molar-refractivity contribution >= 4 is 5.78 Å². The molecule has 0 bridgehead atoms. The lowest BCUT2D eigenvalue weighted by Gasteiger charge is -2.29. The molecule has 0 radical (unpaired) electrons. The highest BCUT2D eigenvalue weighted by Gasteiger charge is 2.14. The quantitative estimate of drug-likeness (QED) is 0.644. The molecule has 2 heteroatoms. The second kappa shape index (κ2) is 5.30. The maximum absolute atomic E-state index is 10.9. The van der Waals surface area contributed by atoms with E-state index in [1.54, 1.807) is 6.92 Å². The maximum Gasteiger partial charge on any atom is 0.152 e. The summed E-state index contributed by atoms with van der Waals surface area (Å²) in [5.74, 6) is 0.936. The molecule has 0 N–H and O–H groups in total. The van der Waals surface area contributed by atoms with Gasteiger partial charge >= 0.3 is 0 Å². The third-order valence-corrected chi connectivity index (χ3v) is 2.53. The van der Waals surface area contributed by atoms with Gasteiger partial charge in [0.2, 0.25) is 0 Å². The predicted octanol–water partition coefficient (Wildman–Crippen LogP) is 2.25. The van der Waals surface area contributed by atoms with Crippen molar-refractivity contribution in [3.05, 3.63) is 11.6 Å². The minimum atomic E-state index is 0.192. The van der Waals surface area contributed by atoms with Crippen LogP contribution in [0, 0.1) is 5.92 Å². The van der Waals surface area contributed by atoms with Gasteiger partial charge in [0.1, 0.15) is 0 Å². The van der Waals surface area contributed by atoms with E-state index in [0.717, 1.165) is 31.8 Å². The van der Waals surface area contributed by atoms with Crippen LogP contribution in [0.2, 0.25) is 0 Å². The van der Waals surface area contributed by atoms with Gasteiger partial charge in [-0.25, -0.2) is 0 Å². The van der Waals surface area contributed by atoms with Crippen LogP contribution in [-0.4, -0.2) is 30.3 Å². The molecular formula is C12H21NO. The number of nitrogens with zero attached hydrogens (tertiary/aromatic N) is 1. The molecule has 14 heavy (non-hydrogen) atoms. The summed E-state index contributed by atoms with van der Waals surface area (Å²) in [6.07, 6.45) is 3.96. The predicted molar refractivity (Wildman–Crippen MR) is 59.3 cm³/mol. The Labute approximate surface area is 87.0 Å². The van der Waals surface area contributed by atoms with Crippen LogP contribution in [0.5, 0.6) is 0 Å². The van der Waals surface area contributed by atoms with Gasteiger partial charge in [-0.15, -0.1) is 0 Å². The first kappa shape index (κ1) is 11.4. The van der Waals surface area contributed by atoms with Gasteiger partial charge in [-0.1, -0.05) is 19.4 Å². The van der Waals surface area contributed by atoms with Crippen LogP contribution in [0.4, 0.5) is 0 Å². The average Bonchev–Trinajstić information content (AvgIpc) is 2.06. The Hall–Kier alpha value is -0.630. The monoisotopic (exact) mass is 195 g/mol. The fraction of sp³-hybridized carbons (Fsp3) is 0.750. The van der Waals surface area contributed by atoms with Crippen LogP contribution >= 0.6 is 0 Å². The number of rotatable bonds is 3. The normalized spacial score (nSPS) is 18.7. The van der Waals surface area contributed by atoms with E-state index in [-0.39, 0.29) is 5.78 Å². The van der Waals surface area contributed by atoms with E-state index in [4.69, 9.17) is 0 Å². The Morgan fingerprint density at radius 2 is 2.00 bits per heavy atom. The molecule has 1 aliphatic rings. The number of likely N-dealkylation sites (tertiary alicyclic amines) is 1. The van der Waals surface area contributed by atoms with Crippen molar-refractivity contribution in [3.8, 4) is 0 Å². The van der Waals surface area contributed by atoms with E-state index in [0.29, 0.717) is 0 Å². The van der Waals surface area contributed by atoms with E-state index in [1.807, 2.05) is 6.08 Å². The Morgan fingerprint density at radius 1 is 1.43 bits per heavy atom. The topological polar surface area (TPSA) is 20.3 Å². The minimum Gasteiger partial charge on any atom is -0.302 e. The van der Waals surface area contributed by atoms with Crippen LogP contribution in [0.3, 0.4) is 0 Å². The Morgan fingerprint density at radius 3 is 2.43 bits per heavy atom. The first-order chi connectivity index (χ1) is 6.58. The van der Waals surface area contributed by atoms with Crippen molar-refractivity contribution in [2.24, 2.45) is 5.92 Å². The lowest BCUT2D eigenvalue weighted by atomic mass is 10.0.